The number of hydrogen-bond donors (Lipinski definition) is 1. The molecule has 3 nitrogen and oxygen atoms in total. The van der Waals surface area contributed by atoms with Crippen LogP contribution in [0, 0.1) is 11.3 Å². The maximum absolute atomic E-state index is 13.4. The van der Waals surface area contributed by atoms with Crippen LogP contribution in [-0.4, -0.2) is 32.4 Å². The van der Waals surface area contributed by atoms with Gasteiger partial charge in [-0.1, -0.05) is 0 Å². The lowest BCUT2D eigenvalue weighted by Crippen LogP contribution is -2.36. The van der Waals surface area contributed by atoms with Crippen LogP contribution in [-0.2, 0) is 9.84 Å². The number of sulfone groups is 1. The SMILES string of the molecule is NCC1(CC2CCCC(F)(F)C2)CCS(=O)(=O)C1. The van der Waals surface area contributed by atoms with Crippen LogP contribution >= 0.6 is 0 Å². The molecule has 2 rings (SSSR count). The molecular formula is C12H21F2NO2S. The average molecular weight is 281 g/mol. The zero-order valence-corrected chi connectivity index (χ0v) is 11.3. The summed E-state index contributed by atoms with van der Waals surface area (Å²) in [5.74, 6) is -2.41. The van der Waals surface area contributed by atoms with Crippen LogP contribution < -0.4 is 5.73 Å². The van der Waals surface area contributed by atoms with Gasteiger partial charge < -0.3 is 5.73 Å². The van der Waals surface area contributed by atoms with Gasteiger partial charge in [0, 0.05) is 12.8 Å². The van der Waals surface area contributed by atoms with Gasteiger partial charge in [-0.25, -0.2) is 17.2 Å². The normalized spacial score (nSPS) is 38.7. The summed E-state index contributed by atoms with van der Waals surface area (Å²) in [7, 11) is -3.01. The van der Waals surface area contributed by atoms with Crippen LogP contribution in [0.3, 0.4) is 0 Å². The Balaban J connectivity index is 2.03. The predicted molar refractivity (Wildman–Crippen MR) is 66.3 cm³/mol. The molecule has 2 atom stereocenters. The molecule has 0 aromatic carbocycles. The summed E-state index contributed by atoms with van der Waals surface area (Å²) in [6.07, 6.45) is 2.25. The molecule has 2 N–H and O–H groups in total. The van der Waals surface area contributed by atoms with E-state index in [1.165, 1.54) is 0 Å². The van der Waals surface area contributed by atoms with E-state index < -0.39 is 21.2 Å². The van der Waals surface area contributed by atoms with Crippen molar-refractivity contribution in [1.82, 2.24) is 0 Å². The summed E-state index contributed by atoms with van der Waals surface area (Å²) in [6.45, 7) is 0.286. The lowest BCUT2D eigenvalue weighted by atomic mass is 9.73. The molecule has 1 aliphatic carbocycles. The highest BCUT2D eigenvalue weighted by Crippen LogP contribution is 2.45. The summed E-state index contributed by atoms with van der Waals surface area (Å²) >= 11 is 0. The van der Waals surface area contributed by atoms with Gasteiger partial charge in [0.15, 0.2) is 9.84 Å². The molecule has 2 fully saturated rings. The smallest absolute Gasteiger partial charge is 0.248 e. The van der Waals surface area contributed by atoms with Crippen molar-refractivity contribution in [2.75, 3.05) is 18.1 Å². The largest absolute Gasteiger partial charge is 0.330 e. The minimum absolute atomic E-state index is 0.0303. The summed E-state index contributed by atoms with van der Waals surface area (Å²) in [4.78, 5) is 0. The van der Waals surface area contributed by atoms with Gasteiger partial charge in [-0.15, -0.1) is 0 Å². The number of halogens is 2. The summed E-state index contributed by atoms with van der Waals surface area (Å²) in [6, 6.07) is 0. The average Bonchev–Trinajstić information content (AvgIpc) is 2.53. The fourth-order valence-corrected chi connectivity index (χ4v) is 5.65. The number of nitrogens with two attached hydrogens (primary N) is 1. The molecular weight excluding hydrogens is 260 g/mol. The molecule has 6 heteroatoms. The number of alkyl halides is 2. The molecule has 2 unspecified atom stereocenters. The predicted octanol–water partition coefficient (Wildman–Crippen LogP) is 1.97. The summed E-state index contributed by atoms with van der Waals surface area (Å²) < 4.78 is 49.9. The first-order valence-corrected chi connectivity index (χ1v) is 8.36. The Labute approximate surface area is 107 Å². The molecule has 106 valence electrons. The Hall–Kier alpha value is -0.230. The van der Waals surface area contributed by atoms with E-state index in [0.717, 1.165) is 6.42 Å². The minimum Gasteiger partial charge on any atom is -0.330 e. The van der Waals surface area contributed by atoms with Crippen LogP contribution in [0.25, 0.3) is 0 Å². The van der Waals surface area contributed by atoms with Gasteiger partial charge >= 0.3 is 0 Å². The lowest BCUT2D eigenvalue weighted by Gasteiger charge is -2.35. The van der Waals surface area contributed by atoms with Crippen molar-refractivity contribution in [1.29, 1.82) is 0 Å². The molecule has 2 aliphatic rings. The van der Waals surface area contributed by atoms with Crippen LogP contribution in [0.2, 0.25) is 0 Å². The van der Waals surface area contributed by atoms with Crippen LogP contribution in [0.5, 0.6) is 0 Å². The topological polar surface area (TPSA) is 60.2 Å². The van der Waals surface area contributed by atoms with Gasteiger partial charge in [0.25, 0.3) is 0 Å². The Morgan fingerprint density at radius 1 is 1.28 bits per heavy atom. The zero-order valence-electron chi connectivity index (χ0n) is 10.5. The zero-order chi connectivity index (χ0) is 13.4. The van der Waals surface area contributed by atoms with Crippen molar-refractivity contribution in [2.45, 2.75) is 44.4 Å². The van der Waals surface area contributed by atoms with Crippen molar-refractivity contribution in [3.05, 3.63) is 0 Å². The third-order valence-electron chi connectivity index (χ3n) is 4.37. The van der Waals surface area contributed by atoms with Gasteiger partial charge in [-0.2, -0.15) is 0 Å². The Bertz CT molecular complexity index is 410. The highest BCUT2D eigenvalue weighted by atomic mass is 32.2. The second kappa shape index (κ2) is 4.71. The summed E-state index contributed by atoms with van der Waals surface area (Å²) in [5.41, 5.74) is 5.28. The van der Waals surface area contributed by atoms with Gasteiger partial charge in [0.1, 0.15) is 0 Å². The Kier molecular flexibility index (Phi) is 3.71. The first kappa shape index (κ1) is 14.2. The monoisotopic (exact) mass is 281 g/mol. The van der Waals surface area contributed by atoms with E-state index in [1.807, 2.05) is 0 Å². The Morgan fingerprint density at radius 3 is 2.50 bits per heavy atom. The van der Waals surface area contributed by atoms with Crippen LogP contribution in [0.4, 0.5) is 8.78 Å². The third-order valence-corrected chi connectivity index (χ3v) is 6.24. The van der Waals surface area contributed by atoms with Crippen LogP contribution in [0.15, 0.2) is 0 Å². The molecule has 1 aliphatic heterocycles. The fraction of sp³-hybridized carbons (Fsp3) is 1.00. The highest BCUT2D eigenvalue weighted by Gasteiger charge is 2.45. The lowest BCUT2D eigenvalue weighted by molar-refractivity contribution is -0.0583. The van der Waals surface area contributed by atoms with Gasteiger partial charge in [0.05, 0.1) is 11.5 Å². The van der Waals surface area contributed by atoms with Gasteiger partial charge in [-0.05, 0) is 43.6 Å². The maximum atomic E-state index is 13.4. The van der Waals surface area contributed by atoms with E-state index in [0.29, 0.717) is 19.3 Å². The molecule has 1 saturated heterocycles. The third kappa shape index (κ3) is 3.20. The molecule has 0 radical (unpaired) electrons. The van der Waals surface area contributed by atoms with E-state index in [-0.39, 0.29) is 36.8 Å². The van der Waals surface area contributed by atoms with E-state index in [2.05, 4.69) is 0 Å². The van der Waals surface area contributed by atoms with E-state index >= 15 is 0 Å². The second-order valence-corrected chi connectivity index (χ2v) is 8.25. The van der Waals surface area contributed by atoms with Crippen molar-refractivity contribution in [2.24, 2.45) is 17.1 Å². The molecule has 0 spiro atoms. The number of rotatable bonds is 3. The second-order valence-electron chi connectivity index (χ2n) is 6.07. The maximum Gasteiger partial charge on any atom is 0.248 e. The van der Waals surface area contributed by atoms with Crippen LogP contribution in [0.1, 0.15) is 38.5 Å². The van der Waals surface area contributed by atoms with Crippen molar-refractivity contribution in [3.63, 3.8) is 0 Å². The first-order valence-electron chi connectivity index (χ1n) is 6.54. The van der Waals surface area contributed by atoms with E-state index in [1.54, 1.807) is 0 Å². The van der Waals surface area contributed by atoms with E-state index in [9.17, 15) is 17.2 Å². The molecule has 1 saturated carbocycles. The quantitative estimate of drug-likeness (QED) is 0.860. The van der Waals surface area contributed by atoms with Gasteiger partial charge in [0.2, 0.25) is 5.92 Å². The minimum atomic E-state index is -3.01. The molecule has 0 bridgehead atoms. The summed E-state index contributed by atoms with van der Waals surface area (Å²) in [5, 5.41) is 0. The first-order chi connectivity index (χ1) is 8.26. The van der Waals surface area contributed by atoms with Crippen molar-refractivity contribution < 1.29 is 17.2 Å². The highest BCUT2D eigenvalue weighted by molar-refractivity contribution is 7.91. The Morgan fingerprint density at radius 2 is 2.00 bits per heavy atom. The molecule has 1 heterocycles. The molecule has 0 aromatic heterocycles. The standard InChI is InChI=1S/C12H21F2NO2S/c13-12(14)3-1-2-10(7-12)6-11(8-15)4-5-18(16,17)9-11/h10H,1-9,15H2. The molecule has 18 heavy (non-hydrogen) atoms. The van der Waals surface area contributed by atoms with Crippen molar-refractivity contribution >= 4 is 9.84 Å². The number of hydrogen-bond acceptors (Lipinski definition) is 3. The van der Waals surface area contributed by atoms with Crippen molar-refractivity contribution in [3.8, 4) is 0 Å². The fourth-order valence-electron chi connectivity index (χ4n) is 3.45. The van der Waals surface area contributed by atoms with E-state index in [4.69, 9.17) is 5.73 Å². The van der Waals surface area contributed by atoms with Gasteiger partial charge in [-0.3, -0.25) is 0 Å². The molecule has 0 aromatic rings. The molecule has 0 amide bonds.